The number of benzene rings is 2. The smallest absolute Gasteiger partial charge is 0.227 e. The summed E-state index contributed by atoms with van der Waals surface area (Å²) >= 11 is 5.91. The van der Waals surface area contributed by atoms with Gasteiger partial charge in [-0.2, -0.15) is 0 Å². The molecule has 23 heavy (non-hydrogen) atoms. The summed E-state index contributed by atoms with van der Waals surface area (Å²) in [5.74, 6) is 0.272. The molecule has 0 aliphatic carbocycles. The Morgan fingerprint density at radius 3 is 2.57 bits per heavy atom. The fourth-order valence-electron chi connectivity index (χ4n) is 2.66. The number of phenolic OH excluding ortho intramolecular Hbond substituents is 1. The van der Waals surface area contributed by atoms with E-state index in [1.54, 1.807) is 24.3 Å². The van der Waals surface area contributed by atoms with Crippen LogP contribution in [0.15, 0.2) is 48.5 Å². The van der Waals surface area contributed by atoms with Crippen molar-refractivity contribution in [2.24, 2.45) is 0 Å². The number of carbonyl (C=O) groups excluding carboxylic acids is 1. The quantitative estimate of drug-likeness (QED) is 0.939. The Bertz CT molecular complexity index is 670. The maximum absolute atomic E-state index is 12.5. The van der Waals surface area contributed by atoms with Crippen molar-refractivity contribution in [2.75, 3.05) is 19.7 Å². The molecule has 1 amide bonds. The number of aromatic hydroxyl groups is 1. The predicted octanol–water partition coefficient (Wildman–Crippen LogP) is 3.19. The van der Waals surface area contributed by atoms with Crippen LogP contribution >= 0.6 is 11.6 Å². The first-order valence-electron chi connectivity index (χ1n) is 7.54. The molecular weight excluding hydrogens is 314 g/mol. The molecule has 4 nitrogen and oxygen atoms in total. The molecule has 1 fully saturated rings. The van der Waals surface area contributed by atoms with Crippen molar-refractivity contribution in [1.82, 2.24) is 4.90 Å². The summed E-state index contributed by atoms with van der Waals surface area (Å²) in [6.07, 6.45) is 0.206. The summed E-state index contributed by atoms with van der Waals surface area (Å²) in [4.78, 5) is 14.3. The standard InChI is InChI=1S/C18H18ClNO3/c19-15-5-3-14(4-6-15)17-12-20(9-10-23-17)18(22)11-13-1-7-16(21)8-2-13/h1-8,17,21H,9-12H2. The number of ether oxygens (including phenoxy) is 1. The van der Waals surface area contributed by atoms with Crippen molar-refractivity contribution >= 4 is 17.5 Å². The third-order valence-electron chi connectivity index (χ3n) is 3.95. The van der Waals surface area contributed by atoms with E-state index in [1.807, 2.05) is 29.2 Å². The van der Waals surface area contributed by atoms with Crippen LogP contribution in [0.5, 0.6) is 5.75 Å². The average molecular weight is 332 g/mol. The van der Waals surface area contributed by atoms with E-state index in [-0.39, 0.29) is 17.8 Å². The van der Waals surface area contributed by atoms with Gasteiger partial charge in [-0.25, -0.2) is 0 Å². The summed E-state index contributed by atoms with van der Waals surface area (Å²) in [6.45, 7) is 1.66. The maximum Gasteiger partial charge on any atom is 0.227 e. The van der Waals surface area contributed by atoms with Gasteiger partial charge in [-0.05, 0) is 35.4 Å². The number of halogens is 1. The highest BCUT2D eigenvalue weighted by atomic mass is 35.5. The lowest BCUT2D eigenvalue weighted by atomic mass is 10.1. The lowest BCUT2D eigenvalue weighted by molar-refractivity contribution is -0.138. The van der Waals surface area contributed by atoms with Gasteiger partial charge in [0.05, 0.1) is 19.6 Å². The first-order chi connectivity index (χ1) is 11.1. The minimum Gasteiger partial charge on any atom is -0.508 e. The highest BCUT2D eigenvalue weighted by molar-refractivity contribution is 6.30. The lowest BCUT2D eigenvalue weighted by Crippen LogP contribution is -2.42. The molecule has 2 aromatic rings. The van der Waals surface area contributed by atoms with Gasteiger partial charge in [-0.15, -0.1) is 0 Å². The van der Waals surface area contributed by atoms with E-state index >= 15 is 0 Å². The van der Waals surface area contributed by atoms with Crippen LogP contribution < -0.4 is 0 Å². The fourth-order valence-corrected chi connectivity index (χ4v) is 2.78. The number of hydrogen-bond acceptors (Lipinski definition) is 3. The van der Waals surface area contributed by atoms with E-state index in [9.17, 15) is 9.90 Å². The summed E-state index contributed by atoms with van der Waals surface area (Å²) < 4.78 is 5.78. The second-order valence-corrected chi connectivity index (χ2v) is 6.03. The molecule has 2 aromatic carbocycles. The minimum atomic E-state index is -0.121. The van der Waals surface area contributed by atoms with Gasteiger partial charge in [0, 0.05) is 11.6 Å². The summed E-state index contributed by atoms with van der Waals surface area (Å²) in [7, 11) is 0. The highest BCUT2D eigenvalue weighted by Crippen LogP contribution is 2.24. The van der Waals surface area contributed by atoms with Crippen molar-refractivity contribution in [3.8, 4) is 5.75 Å². The van der Waals surface area contributed by atoms with Gasteiger partial charge < -0.3 is 14.7 Å². The SMILES string of the molecule is O=C(Cc1ccc(O)cc1)N1CCOC(c2ccc(Cl)cc2)C1. The molecule has 0 radical (unpaired) electrons. The van der Waals surface area contributed by atoms with E-state index in [0.29, 0.717) is 31.1 Å². The first kappa shape index (κ1) is 15.8. The Morgan fingerprint density at radius 2 is 1.87 bits per heavy atom. The van der Waals surface area contributed by atoms with Gasteiger partial charge in [0.15, 0.2) is 0 Å². The zero-order valence-corrected chi connectivity index (χ0v) is 13.4. The number of nitrogens with zero attached hydrogens (tertiary/aromatic N) is 1. The summed E-state index contributed by atoms with van der Waals surface area (Å²) in [5.41, 5.74) is 1.92. The predicted molar refractivity (Wildman–Crippen MR) is 88.5 cm³/mol. The van der Waals surface area contributed by atoms with E-state index in [2.05, 4.69) is 0 Å². The molecule has 1 saturated heterocycles. The van der Waals surface area contributed by atoms with E-state index in [1.165, 1.54) is 0 Å². The van der Waals surface area contributed by atoms with Crippen LogP contribution in [0.2, 0.25) is 5.02 Å². The minimum absolute atomic E-state index is 0.0675. The van der Waals surface area contributed by atoms with Gasteiger partial charge in [-0.3, -0.25) is 4.79 Å². The fraction of sp³-hybridized carbons (Fsp3) is 0.278. The Hall–Kier alpha value is -2.04. The lowest BCUT2D eigenvalue weighted by Gasteiger charge is -2.33. The first-order valence-corrected chi connectivity index (χ1v) is 7.92. The van der Waals surface area contributed by atoms with Crippen LogP contribution in [0.1, 0.15) is 17.2 Å². The molecule has 0 bridgehead atoms. The molecule has 1 aliphatic rings. The second kappa shape index (κ2) is 7.02. The number of amides is 1. The van der Waals surface area contributed by atoms with Crippen LogP contribution in [0.3, 0.4) is 0 Å². The summed E-state index contributed by atoms with van der Waals surface area (Å²) in [5, 5.41) is 9.98. The zero-order valence-electron chi connectivity index (χ0n) is 12.6. The molecule has 1 unspecified atom stereocenters. The van der Waals surface area contributed by atoms with Crippen LogP contribution in [0.25, 0.3) is 0 Å². The molecule has 1 heterocycles. The Kier molecular flexibility index (Phi) is 4.84. The number of morpholine rings is 1. The average Bonchev–Trinajstić information content (AvgIpc) is 2.58. The topological polar surface area (TPSA) is 49.8 Å². The van der Waals surface area contributed by atoms with Gasteiger partial charge in [-0.1, -0.05) is 35.9 Å². The van der Waals surface area contributed by atoms with Crippen molar-refractivity contribution in [1.29, 1.82) is 0 Å². The van der Waals surface area contributed by atoms with Crippen molar-refractivity contribution in [2.45, 2.75) is 12.5 Å². The zero-order chi connectivity index (χ0) is 16.2. The van der Waals surface area contributed by atoms with E-state index < -0.39 is 0 Å². The number of carbonyl (C=O) groups is 1. The number of hydrogen-bond donors (Lipinski definition) is 1. The third-order valence-corrected chi connectivity index (χ3v) is 4.20. The second-order valence-electron chi connectivity index (χ2n) is 5.59. The van der Waals surface area contributed by atoms with Crippen molar-refractivity contribution in [3.63, 3.8) is 0 Å². The molecule has 0 aromatic heterocycles. The highest BCUT2D eigenvalue weighted by Gasteiger charge is 2.25. The van der Waals surface area contributed by atoms with Crippen molar-refractivity contribution < 1.29 is 14.6 Å². The molecule has 120 valence electrons. The van der Waals surface area contributed by atoms with Crippen LogP contribution in [-0.2, 0) is 16.0 Å². The van der Waals surface area contributed by atoms with E-state index in [0.717, 1.165) is 11.1 Å². The van der Waals surface area contributed by atoms with Gasteiger partial charge in [0.2, 0.25) is 5.91 Å². The number of rotatable bonds is 3. The molecule has 1 aliphatic heterocycles. The van der Waals surface area contributed by atoms with E-state index in [4.69, 9.17) is 16.3 Å². The Labute approximate surface area is 140 Å². The van der Waals surface area contributed by atoms with Gasteiger partial charge in [0.1, 0.15) is 11.9 Å². The summed E-state index contributed by atoms with van der Waals surface area (Å²) in [6, 6.07) is 14.3. The van der Waals surface area contributed by atoms with Gasteiger partial charge in [0.25, 0.3) is 0 Å². The molecule has 0 saturated carbocycles. The monoisotopic (exact) mass is 331 g/mol. The Morgan fingerprint density at radius 1 is 1.17 bits per heavy atom. The normalized spacial score (nSPS) is 18.0. The molecule has 1 atom stereocenters. The Balaban J connectivity index is 1.64. The molecule has 0 spiro atoms. The van der Waals surface area contributed by atoms with Crippen LogP contribution in [0.4, 0.5) is 0 Å². The molecule has 1 N–H and O–H groups in total. The van der Waals surface area contributed by atoms with Gasteiger partial charge >= 0.3 is 0 Å². The number of phenols is 1. The van der Waals surface area contributed by atoms with Crippen LogP contribution in [-0.4, -0.2) is 35.6 Å². The third kappa shape index (κ3) is 4.03. The largest absolute Gasteiger partial charge is 0.508 e. The molecule has 5 heteroatoms. The van der Waals surface area contributed by atoms with Crippen molar-refractivity contribution in [3.05, 3.63) is 64.7 Å². The molecule has 3 rings (SSSR count). The molecular formula is C18H18ClNO3. The maximum atomic E-state index is 12.5. The van der Waals surface area contributed by atoms with Crippen LogP contribution in [0, 0.1) is 0 Å².